The van der Waals surface area contributed by atoms with Crippen LogP contribution in [-0.2, 0) is 0 Å². The number of nitrogens with two attached hydrogens (primary N) is 1. The van der Waals surface area contributed by atoms with Crippen LogP contribution in [0.1, 0.15) is 31.9 Å². The van der Waals surface area contributed by atoms with Crippen LogP contribution in [0, 0.1) is 5.92 Å². The zero-order chi connectivity index (χ0) is 12.1. The van der Waals surface area contributed by atoms with Crippen molar-refractivity contribution >= 4 is 0 Å². The molecule has 0 fully saturated rings. The normalized spacial score (nSPS) is 14.9. The molecule has 0 aliphatic heterocycles. The van der Waals surface area contributed by atoms with Crippen LogP contribution < -0.4 is 10.5 Å². The van der Waals surface area contributed by atoms with Gasteiger partial charge in [0.2, 0.25) is 0 Å². The minimum atomic E-state index is -2.80. The van der Waals surface area contributed by atoms with Gasteiger partial charge in [-0.1, -0.05) is 32.4 Å². The van der Waals surface area contributed by atoms with E-state index < -0.39 is 6.61 Å². The van der Waals surface area contributed by atoms with Gasteiger partial charge < -0.3 is 10.5 Å². The van der Waals surface area contributed by atoms with Crippen molar-refractivity contribution in [3.05, 3.63) is 29.8 Å². The van der Waals surface area contributed by atoms with Gasteiger partial charge in [-0.05, 0) is 23.6 Å². The van der Waals surface area contributed by atoms with Crippen LogP contribution in [0.3, 0.4) is 0 Å². The molecule has 0 amide bonds. The third-order valence-electron chi connectivity index (χ3n) is 2.73. The Balaban J connectivity index is 2.81. The Hall–Kier alpha value is -1.16. The number of alkyl halides is 2. The Morgan fingerprint density at radius 3 is 2.62 bits per heavy atom. The molecule has 0 heterocycles. The highest BCUT2D eigenvalue weighted by molar-refractivity contribution is 5.30. The average Bonchev–Trinajstić information content (AvgIpc) is 2.26. The summed E-state index contributed by atoms with van der Waals surface area (Å²) in [6.45, 7) is 1.28. The summed E-state index contributed by atoms with van der Waals surface area (Å²) >= 11 is 0. The molecule has 4 heteroatoms. The first-order valence-electron chi connectivity index (χ1n) is 5.35. The lowest BCUT2D eigenvalue weighted by molar-refractivity contribution is -0.0499. The first-order chi connectivity index (χ1) is 7.54. The molecule has 0 aliphatic rings. The van der Waals surface area contributed by atoms with E-state index in [4.69, 9.17) is 5.73 Å². The molecular formula is C12H17F2NO. The molecule has 2 nitrogen and oxygen atoms in total. The van der Waals surface area contributed by atoms with Crippen molar-refractivity contribution in [3.8, 4) is 5.75 Å². The predicted octanol–water partition coefficient (Wildman–Crippen LogP) is 3.33. The lowest BCUT2D eigenvalue weighted by atomic mass is 9.93. The molecule has 2 atom stereocenters. The lowest BCUT2D eigenvalue weighted by Crippen LogP contribution is -2.18. The van der Waals surface area contributed by atoms with Crippen LogP contribution in [-0.4, -0.2) is 6.61 Å². The molecule has 1 aromatic rings. The fraction of sp³-hybridized carbons (Fsp3) is 0.500. The molecule has 0 saturated carbocycles. The van der Waals surface area contributed by atoms with E-state index in [0.29, 0.717) is 5.92 Å². The minimum Gasteiger partial charge on any atom is -0.435 e. The van der Waals surface area contributed by atoms with E-state index in [1.54, 1.807) is 12.1 Å². The number of halogens is 2. The van der Waals surface area contributed by atoms with E-state index in [1.807, 2.05) is 19.9 Å². The fourth-order valence-corrected chi connectivity index (χ4v) is 1.48. The first kappa shape index (κ1) is 12.9. The highest BCUT2D eigenvalue weighted by atomic mass is 19.3. The molecule has 0 bridgehead atoms. The first-order valence-corrected chi connectivity index (χ1v) is 5.35. The summed E-state index contributed by atoms with van der Waals surface area (Å²) in [5, 5.41) is 0. The molecule has 1 rings (SSSR count). The molecule has 1 aromatic carbocycles. The van der Waals surface area contributed by atoms with Crippen molar-refractivity contribution in [2.75, 3.05) is 0 Å². The van der Waals surface area contributed by atoms with Gasteiger partial charge in [0.25, 0.3) is 0 Å². The monoisotopic (exact) mass is 229 g/mol. The maximum absolute atomic E-state index is 12.0. The highest BCUT2D eigenvalue weighted by Crippen LogP contribution is 2.25. The Morgan fingerprint density at radius 1 is 1.38 bits per heavy atom. The topological polar surface area (TPSA) is 35.2 Å². The third kappa shape index (κ3) is 3.45. The van der Waals surface area contributed by atoms with Crippen molar-refractivity contribution in [1.29, 1.82) is 0 Å². The summed E-state index contributed by atoms with van der Waals surface area (Å²) in [7, 11) is 0. The molecule has 0 saturated heterocycles. The van der Waals surface area contributed by atoms with Gasteiger partial charge in [-0.25, -0.2) is 0 Å². The summed E-state index contributed by atoms with van der Waals surface area (Å²) < 4.78 is 28.4. The lowest BCUT2D eigenvalue weighted by Gasteiger charge is -2.19. The summed E-state index contributed by atoms with van der Waals surface area (Å²) in [6, 6.07) is 6.43. The van der Waals surface area contributed by atoms with Crippen molar-refractivity contribution in [3.63, 3.8) is 0 Å². The highest BCUT2D eigenvalue weighted by Gasteiger charge is 2.14. The van der Waals surface area contributed by atoms with Crippen molar-refractivity contribution in [2.45, 2.75) is 32.9 Å². The van der Waals surface area contributed by atoms with Gasteiger partial charge in [0, 0.05) is 6.04 Å². The smallest absolute Gasteiger partial charge is 0.387 e. The van der Waals surface area contributed by atoms with Crippen LogP contribution in [0.2, 0.25) is 0 Å². The minimum absolute atomic E-state index is 0.147. The maximum Gasteiger partial charge on any atom is 0.387 e. The number of ether oxygens (including phenoxy) is 1. The Morgan fingerprint density at radius 2 is 2.06 bits per heavy atom. The fourth-order valence-electron chi connectivity index (χ4n) is 1.48. The quantitative estimate of drug-likeness (QED) is 0.840. The summed E-state index contributed by atoms with van der Waals surface area (Å²) in [5.74, 6) is 0.466. The second-order valence-corrected chi connectivity index (χ2v) is 3.86. The standard InChI is InChI=1S/C12H17F2NO/c1-3-8(2)11(15)9-5-4-6-10(7-9)16-12(13)14/h4-8,11-12H,3,15H2,1-2H3/t8?,11-/m1/s1. The van der Waals surface area contributed by atoms with E-state index in [9.17, 15) is 8.78 Å². The van der Waals surface area contributed by atoms with Gasteiger partial charge in [0.05, 0.1) is 0 Å². The molecule has 0 aromatic heterocycles. The zero-order valence-corrected chi connectivity index (χ0v) is 9.49. The number of rotatable bonds is 5. The zero-order valence-electron chi connectivity index (χ0n) is 9.49. The second kappa shape index (κ2) is 5.80. The van der Waals surface area contributed by atoms with E-state index in [2.05, 4.69) is 4.74 Å². The second-order valence-electron chi connectivity index (χ2n) is 3.86. The van der Waals surface area contributed by atoms with Crippen molar-refractivity contribution < 1.29 is 13.5 Å². The number of hydrogen-bond acceptors (Lipinski definition) is 2. The molecule has 0 spiro atoms. The van der Waals surface area contributed by atoms with Gasteiger partial charge >= 0.3 is 6.61 Å². The summed E-state index contributed by atoms with van der Waals surface area (Å²) in [4.78, 5) is 0. The van der Waals surface area contributed by atoms with Crippen LogP contribution in [0.15, 0.2) is 24.3 Å². The summed E-state index contributed by atoms with van der Waals surface area (Å²) in [5.41, 5.74) is 6.83. The molecule has 0 radical (unpaired) electrons. The molecule has 16 heavy (non-hydrogen) atoms. The Labute approximate surface area is 94.4 Å². The predicted molar refractivity (Wildman–Crippen MR) is 59.5 cm³/mol. The molecule has 1 unspecified atom stereocenters. The van der Waals surface area contributed by atoms with Crippen LogP contribution in [0.25, 0.3) is 0 Å². The van der Waals surface area contributed by atoms with Gasteiger partial charge in [0.1, 0.15) is 5.75 Å². The Bertz CT molecular complexity index is 331. The van der Waals surface area contributed by atoms with Gasteiger partial charge in [-0.15, -0.1) is 0 Å². The number of hydrogen-bond donors (Lipinski definition) is 1. The van der Waals surface area contributed by atoms with Gasteiger partial charge in [-0.2, -0.15) is 8.78 Å². The van der Waals surface area contributed by atoms with E-state index in [-0.39, 0.29) is 11.8 Å². The van der Waals surface area contributed by atoms with E-state index in [1.165, 1.54) is 6.07 Å². The molecule has 0 aliphatic carbocycles. The van der Waals surface area contributed by atoms with Gasteiger partial charge in [0.15, 0.2) is 0 Å². The average molecular weight is 229 g/mol. The van der Waals surface area contributed by atoms with Crippen LogP contribution in [0.4, 0.5) is 8.78 Å². The molecular weight excluding hydrogens is 212 g/mol. The van der Waals surface area contributed by atoms with Gasteiger partial charge in [-0.3, -0.25) is 0 Å². The molecule has 90 valence electrons. The van der Waals surface area contributed by atoms with Crippen molar-refractivity contribution in [2.24, 2.45) is 11.7 Å². The van der Waals surface area contributed by atoms with Crippen LogP contribution >= 0.6 is 0 Å². The molecule has 2 N–H and O–H groups in total. The summed E-state index contributed by atoms with van der Waals surface area (Å²) in [6.07, 6.45) is 0.946. The van der Waals surface area contributed by atoms with E-state index in [0.717, 1.165) is 12.0 Å². The largest absolute Gasteiger partial charge is 0.435 e. The van der Waals surface area contributed by atoms with E-state index >= 15 is 0 Å². The maximum atomic E-state index is 12.0. The Kier molecular flexibility index (Phi) is 4.68. The number of benzene rings is 1. The third-order valence-corrected chi connectivity index (χ3v) is 2.73. The SMILES string of the molecule is CCC(C)[C@@H](N)c1cccc(OC(F)F)c1. The van der Waals surface area contributed by atoms with Crippen LogP contribution in [0.5, 0.6) is 5.75 Å². The van der Waals surface area contributed by atoms with Crippen molar-refractivity contribution in [1.82, 2.24) is 0 Å².